The van der Waals surface area contributed by atoms with Crippen molar-refractivity contribution >= 4 is 29.1 Å². The fraction of sp³-hybridized carbons (Fsp3) is 0.481. The van der Waals surface area contributed by atoms with Crippen molar-refractivity contribution in [3.8, 4) is 5.75 Å². The van der Waals surface area contributed by atoms with Gasteiger partial charge in [0, 0.05) is 29.5 Å². The van der Waals surface area contributed by atoms with E-state index in [-0.39, 0.29) is 37.1 Å². The Balaban J connectivity index is 1.45. The highest BCUT2D eigenvalue weighted by atomic mass is 19.1. The van der Waals surface area contributed by atoms with Gasteiger partial charge in [0.25, 0.3) is 5.91 Å². The van der Waals surface area contributed by atoms with Crippen molar-refractivity contribution in [2.75, 3.05) is 18.4 Å². The van der Waals surface area contributed by atoms with Gasteiger partial charge in [0.05, 0.1) is 17.8 Å². The molecule has 208 valence electrons. The zero-order chi connectivity index (χ0) is 28.2. The van der Waals surface area contributed by atoms with E-state index in [9.17, 15) is 39.6 Å². The number of fused-ring (bicyclic) bond motifs is 3. The first-order valence-corrected chi connectivity index (χ1v) is 13.0. The van der Waals surface area contributed by atoms with E-state index < -0.39 is 80.6 Å². The molecule has 0 spiro atoms. The molecule has 39 heavy (non-hydrogen) atoms. The maximum atomic E-state index is 15.2. The lowest BCUT2D eigenvalue weighted by Gasteiger charge is -2.45. The number of primary amides is 1. The SMILES string of the molecule is NC(=O)C1=C(O)C[C@@H]2CC3Cc4c(F)cc(NC(=O)CNCC5CCCC5)c(O)c4C(=O)C3=C(O)[C@]2(O)C1=O. The van der Waals surface area contributed by atoms with E-state index >= 15 is 4.39 Å². The number of aromatic hydroxyl groups is 1. The molecule has 1 fully saturated rings. The van der Waals surface area contributed by atoms with Crippen LogP contribution in [0.1, 0.15) is 54.4 Å². The lowest BCUT2D eigenvalue weighted by molar-refractivity contribution is -0.144. The number of nitrogens with two attached hydrogens (primary N) is 1. The highest BCUT2D eigenvalue weighted by molar-refractivity contribution is 6.24. The Hall–Kier alpha value is -3.77. The zero-order valence-corrected chi connectivity index (χ0v) is 21.1. The largest absolute Gasteiger partial charge is 0.511 e. The van der Waals surface area contributed by atoms with Gasteiger partial charge < -0.3 is 36.8 Å². The molecule has 5 rings (SSSR count). The van der Waals surface area contributed by atoms with Crippen LogP contribution in [0.25, 0.3) is 0 Å². The van der Waals surface area contributed by atoms with Crippen LogP contribution in [0.5, 0.6) is 5.75 Å². The normalized spacial score (nSPS) is 26.8. The van der Waals surface area contributed by atoms with Crippen LogP contribution in [0.2, 0.25) is 0 Å². The summed E-state index contributed by atoms with van der Waals surface area (Å²) >= 11 is 0. The molecule has 0 aromatic heterocycles. The molecule has 3 atom stereocenters. The predicted molar refractivity (Wildman–Crippen MR) is 134 cm³/mol. The second kappa shape index (κ2) is 9.76. The van der Waals surface area contributed by atoms with E-state index in [0.29, 0.717) is 12.5 Å². The van der Waals surface area contributed by atoms with Crippen molar-refractivity contribution in [3.05, 3.63) is 45.7 Å². The van der Waals surface area contributed by atoms with Gasteiger partial charge in [-0.2, -0.15) is 0 Å². The molecular formula is C27H30FN3O8. The molecule has 1 unspecified atom stereocenters. The number of hydrogen-bond acceptors (Lipinski definition) is 9. The average Bonchev–Trinajstić information content (AvgIpc) is 3.38. The number of anilines is 1. The number of aliphatic hydroxyl groups excluding tert-OH is 2. The summed E-state index contributed by atoms with van der Waals surface area (Å²) in [5, 5.41) is 48.8. The van der Waals surface area contributed by atoms with Gasteiger partial charge in [-0.15, -0.1) is 0 Å². The van der Waals surface area contributed by atoms with E-state index in [0.717, 1.165) is 31.7 Å². The molecular weight excluding hydrogens is 513 g/mol. The molecule has 0 bridgehead atoms. The summed E-state index contributed by atoms with van der Waals surface area (Å²) in [6.07, 6.45) is 3.83. The Morgan fingerprint density at radius 2 is 1.82 bits per heavy atom. The second-order valence-corrected chi connectivity index (χ2v) is 10.8. The number of hydrogen-bond donors (Lipinski definition) is 7. The number of ketones is 2. The van der Waals surface area contributed by atoms with Gasteiger partial charge in [-0.25, -0.2) is 4.39 Å². The lowest BCUT2D eigenvalue weighted by atomic mass is 9.60. The molecule has 2 amide bonds. The first-order valence-electron chi connectivity index (χ1n) is 13.0. The van der Waals surface area contributed by atoms with Crippen molar-refractivity contribution in [2.45, 2.75) is 50.5 Å². The minimum absolute atomic E-state index is 0.0876. The number of aliphatic hydroxyl groups is 3. The van der Waals surface area contributed by atoms with E-state index in [4.69, 9.17) is 5.73 Å². The number of nitrogens with one attached hydrogen (secondary N) is 2. The lowest BCUT2D eigenvalue weighted by Crippen LogP contribution is -2.57. The summed E-state index contributed by atoms with van der Waals surface area (Å²) in [7, 11) is 0. The summed E-state index contributed by atoms with van der Waals surface area (Å²) in [5.41, 5.74) is 0.225. The first kappa shape index (κ1) is 26.8. The smallest absolute Gasteiger partial charge is 0.255 e. The van der Waals surface area contributed by atoms with E-state index in [1.165, 1.54) is 0 Å². The molecule has 0 radical (unpaired) electrons. The van der Waals surface area contributed by atoms with Gasteiger partial charge in [-0.1, -0.05) is 12.8 Å². The molecule has 11 nitrogen and oxygen atoms in total. The van der Waals surface area contributed by atoms with Crippen molar-refractivity contribution in [3.63, 3.8) is 0 Å². The molecule has 4 aliphatic carbocycles. The number of carbonyl (C=O) groups is 4. The molecule has 0 saturated heterocycles. The Morgan fingerprint density at radius 3 is 2.49 bits per heavy atom. The van der Waals surface area contributed by atoms with Gasteiger partial charge in [0.2, 0.25) is 11.7 Å². The van der Waals surface area contributed by atoms with Crippen LogP contribution in [0.15, 0.2) is 28.7 Å². The number of benzene rings is 1. The molecule has 1 aromatic rings. The van der Waals surface area contributed by atoms with Crippen LogP contribution < -0.4 is 16.4 Å². The topological polar surface area (TPSA) is 199 Å². The minimum Gasteiger partial charge on any atom is -0.511 e. The standard InChI is InChI=1S/C27H30FN3O8/c28-15-8-16(31-18(33)10-30-9-11-3-1-2-4-11)22(34)20-14(15)6-12-5-13-7-17(32)21(26(29)38)25(37)27(13,39)24(36)19(12)23(20)35/h8,11-13,30,32,34,36,39H,1-7,9-10H2,(H2,29,38)(H,31,33)/t12?,13-,27-/m0/s1. The maximum Gasteiger partial charge on any atom is 0.255 e. The molecule has 1 saturated carbocycles. The van der Waals surface area contributed by atoms with Crippen LogP contribution >= 0.6 is 0 Å². The van der Waals surface area contributed by atoms with Crippen molar-refractivity contribution in [1.82, 2.24) is 5.32 Å². The van der Waals surface area contributed by atoms with Crippen LogP contribution in [-0.4, -0.2) is 62.5 Å². The maximum absolute atomic E-state index is 15.2. The fourth-order valence-corrected chi connectivity index (χ4v) is 6.54. The third kappa shape index (κ3) is 4.27. The van der Waals surface area contributed by atoms with Crippen LogP contribution in [0, 0.1) is 23.6 Å². The zero-order valence-electron chi connectivity index (χ0n) is 21.1. The average molecular weight is 544 g/mol. The Morgan fingerprint density at radius 1 is 1.13 bits per heavy atom. The van der Waals surface area contributed by atoms with E-state index in [1.54, 1.807) is 0 Å². The number of carbonyl (C=O) groups excluding carboxylic acids is 4. The number of rotatable bonds is 6. The van der Waals surface area contributed by atoms with Gasteiger partial charge in [-0.3, -0.25) is 19.2 Å². The number of amides is 2. The fourth-order valence-electron chi connectivity index (χ4n) is 6.54. The van der Waals surface area contributed by atoms with Gasteiger partial charge in [-0.05, 0) is 44.1 Å². The van der Waals surface area contributed by atoms with Crippen LogP contribution in [0.4, 0.5) is 10.1 Å². The monoisotopic (exact) mass is 543 g/mol. The molecule has 0 aliphatic heterocycles. The third-order valence-corrected chi connectivity index (χ3v) is 8.47. The molecule has 1 aromatic carbocycles. The summed E-state index contributed by atoms with van der Waals surface area (Å²) < 4.78 is 15.2. The summed E-state index contributed by atoms with van der Waals surface area (Å²) in [6, 6.07) is 0.919. The number of halogens is 1. The Kier molecular flexibility index (Phi) is 6.71. The molecule has 4 aliphatic rings. The Bertz CT molecular complexity index is 1360. The number of Topliss-reactive ketones (excluding diaryl/α,β-unsaturated/α-hetero) is 2. The third-order valence-electron chi connectivity index (χ3n) is 8.47. The van der Waals surface area contributed by atoms with Gasteiger partial charge >= 0.3 is 0 Å². The summed E-state index contributed by atoms with van der Waals surface area (Å²) in [5.74, 6) is -8.92. The quantitative estimate of drug-likeness (QED) is 0.205. The predicted octanol–water partition coefficient (Wildman–Crippen LogP) is 1.44. The highest BCUT2D eigenvalue weighted by Gasteiger charge is 2.59. The van der Waals surface area contributed by atoms with Gasteiger partial charge in [0.1, 0.15) is 22.9 Å². The molecule has 0 heterocycles. The summed E-state index contributed by atoms with van der Waals surface area (Å²) in [4.78, 5) is 50.7. The van der Waals surface area contributed by atoms with Gasteiger partial charge in [0.15, 0.2) is 17.1 Å². The van der Waals surface area contributed by atoms with Crippen LogP contribution in [0.3, 0.4) is 0 Å². The van der Waals surface area contributed by atoms with E-state index in [1.807, 2.05) is 0 Å². The first-order chi connectivity index (χ1) is 18.4. The Labute approximate surface area is 222 Å². The number of allylic oxidation sites excluding steroid dienone is 2. The summed E-state index contributed by atoms with van der Waals surface area (Å²) in [6.45, 7) is 0.564. The number of phenols is 1. The number of phenolic OH excluding ortho intramolecular Hbond substituents is 1. The second-order valence-electron chi connectivity index (χ2n) is 10.8. The van der Waals surface area contributed by atoms with Crippen molar-refractivity contribution < 1.29 is 44.0 Å². The highest BCUT2D eigenvalue weighted by Crippen LogP contribution is 2.52. The minimum atomic E-state index is -2.71. The van der Waals surface area contributed by atoms with E-state index in [2.05, 4.69) is 10.6 Å². The van der Waals surface area contributed by atoms with Crippen LogP contribution in [-0.2, 0) is 20.8 Å². The molecule has 12 heteroatoms. The molecule has 8 N–H and O–H groups in total. The van der Waals surface area contributed by atoms with Crippen molar-refractivity contribution in [1.29, 1.82) is 0 Å². The van der Waals surface area contributed by atoms with Crippen molar-refractivity contribution in [2.24, 2.45) is 23.5 Å².